The van der Waals surface area contributed by atoms with Crippen LogP contribution in [0, 0.1) is 0 Å². The summed E-state index contributed by atoms with van der Waals surface area (Å²) in [5.74, 6) is -1.24. The van der Waals surface area contributed by atoms with Crippen molar-refractivity contribution in [3.05, 3.63) is 58.4 Å². The number of carbonyl (C=O) groups is 1. The summed E-state index contributed by atoms with van der Waals surface area (Å²) in [6, 6.07) is 12.4. The van der Waals surface area contributed by atoms with E-state index >= 15 is 0 Å². The largest absolute Gasteiger partial charge is 0.507 e. The number of para-hydroxylation sites is 1. The summed E-state index contributed by atoms with van der Waals surface area (Å²) in [5.41, 5.74) is 1.14. The number of aromatic carboxylic acids is 1. The van der Waals surface area contributed by atoms with Crippen LogP contribution in [-0.2, 0) is 11.3 Å². The molecule has 28 heavy (non-hydrogen) atoms. The van der Waals surface area contributed by atoms with Crippen molar-refractivity contribution in [2.45, 2.75) is 0 Å². The zero-order chi connectivity index (χ0) is 20.4. The van der Waals surface area contributed by atoms with E-state index in [2.05, 4.69) is 0 Å². The summed E-state index contributed by atoms with van der Waals surface area (Å²) in [6.07, 6.45) is 0. The molecule has 0 aliphatic heterocycles. The molecule has 0 saturated carbocycles. The van der Waals surface area contributed by atoms with Crippen LogP contribution in [-0.4, -0.2) is 32.1 Å². The highest BCUT2D eigenvalue weighted by atomic mass is 35.5. The van der Waals surface area contributed by atoms with E-state index in [4.69, 9.17) is 21.4 Å². The maximum atomic E-state index is 12.0. The zero-order valence-electron chi connectivity index (χ0n) is 14.3. The molecule has 7 nitrogen and oxygen atoms in total. The van der Waals surface area contributed by atoms with E-state index in [1.807, 2.05) is 18.2 Å². The van der Waals surface area contributed by atoms with Crippen LogP contribution in [0.5, 0.6) is 11.5 Å². The fraction of sp³-hybridized carbons (Fsp3) is 0.0556. The van der Waals surface area contributed by atoms with E-state index in [1.165, 1.54) is 13.2 Å². The molecule has 1 atom stereocenters. The molecule has 1 heterocycles. The molecule has 0 spiro atoms. The molecule has 0 aliphatic rings. The average Bonchev–Trinajstić information content (AvgIpc) is 3.02. The fourth-order valence-corrected chi connectivity index (χ4v) is 4.65. The molecule has 0 radical (unpaired) electrons. The van der Waals surface area contributed by atoms with E-state index in [9.17, 15) is 18.7 Å². The molecule has 3 N–H and O–H groups in total. The van der Waals surface area contributed by atoms with Crippen molar-refractivity contribution in [3.63, 3.8) is 0 Å². The number of rotatable bonds is 6. The Kier molecular flexibility index (Phi) is 5.90. The number of thiophene rings is 1. The lowest BCUT2D eigenvalue weighted by Crippen LogP contribution is -2.18. The first kappa shape index (κ1) is 20.2. The van der Waals surface area contributed by atoms with Crippen molar-refractivity contribution in [1.29, 1.82) is 0 Å². The van der Waals surface area contributed by atoms with Crippen LogP contribution in [0.4, 0.5) is 10.7 Å². The number of nitrogens with zero attached hydrogens (tertiary/aromatic N) is 1. The molecule has 0 saturated heterocycles. The van der Waals surface area contributed by atoms with Gasteiger partial charge in [-0.1, -0.05) is 29.8 Å². The third-order valence-electron chi connectivity index (χ3n) is 3.87. The molecule has 10 heteroatoms. The van der Waals surface area contributed by atoms with Crippen molar-refractivity contribution in [2.24, 2.45) is 0 Å². The van der Waals surface area contributed by atoms with Gasteiger partial charge in [-0.15, -0.1) is 11.3 Å². The van der Waals surface area contributed by atoms with Gasteiger partial charge in [0.25, 0.3) is 11.3 Å². The summed E-state index contributed by atoms with van der Waals surface area (Å²) < 4.78 is 28.5. The van der Waals surface area contributed by atoms with Crippen LogP contribution < -0.4 is 9.04 Å². The van der Waals surface area contributed by atoms with Crippen molar-refractivity contribution >= 4 is 50.9 Å². The first-order valence-corrected chi connectivity index (χ1v) is 9.99. The normalized spacial score (nSPS) is 11.8. The summed E-state index contributed by atoms with van der Waals surface area (Å²) >= 11 is 4.94. The highest BCUT2D eigenvalue weighted by Crippen LogP contribution is 2.45. The molecule has 1 unspecified atom stereocenters. The Bertz CT molecular complexity index is 1070. The zero-order valence-corrected chi connectivity index (χ0v) is 16.7. The van der Waals surface area contributed by atoms with Crippen molar-refractivity contribution in [2.75, 3.05) is 11.4 Å². The number of aromatic hydroxyl groups is 1. The molecule has 0 bridgehead atoms. The molecule has 3 aromatic rings. The minimum absolute atomic E-state index is 0.132. The van der Waals surface area contributed by atoms with Crippen LogP contribution in [0.1, 0.15) is 10.4 Å². The molecule has 1 aromatic heterocycles. The van der Waals surface area contributed by atoms with E-state index in [1.54, 1.807) is 12.1 Å². The molecule has 2 aromatic carbocycles. The smallest absolute Gasteiger partial charge is 0.339 e. The van der Waals surface area contributed by atoms with E-state index in [-0.39, 0.29) is 11.3 Å². The first-order chi connectivity index (χ1) is 13.3. The van der Waals surface area contributed by atoms with Crippen molar-refractivity contribution in [3.8, 4) is 22.6 Å². The summed E-state index contributed by atoms with van der Waals surface area (Å²) in [6.45, 7) is 0. The summed E-state index contributed by atoms with van der Waals surface area (Å²) in [7, 11) is 1.53. The number of ether oxygens (including phenoxy) is 1. The van der Waals surface area contributed by atoms with Crippen LogP contribution in [0.2, 0.25) is 4.34 Å². The quantitative estimate of drug-likeness (QED) is 0.478. The highest BCUT2D eigenvalue weighted by molar-refractivity contribution is 7.81. The van der Waals surface area contributed by atoms with E-state index in [0.29, 0.717) is 26.2 Å². The van der Waals surface area contributed by atoms with Crippen LogP contribution >= 0.6 is 22.9 Å². The maximum absolute atomic E-state index is 12.0. The molecule has 146 valence electrons. The van der Waals surface area contributed by atoms with Crippen LogP contribution in [0.15, 0.2) is 48.5 Å². The van der Waals surface area contributed by atoms with E-state index < -0.39 is 23.0 Å². The molecule has 0 fully saturated rings. The number of carboxylic acids is 1. The predicted molar refractivity (Wildman–Crippen MR) is 109 cm³/mol. The third kappa shape index (κ3) is 3.83. The number of benzene rings is 2. The minimum Gasteiger partial charge on any atom is -0.507 e. The number of anilines is 2. The number of halogens is 1. The van der Waals surface area contributed by atoms with Gasteiger partial charge in [0.2, 0.25) is 0 Å². The minimum atomic E-state index is -2.49. The Hall–Kier alpha value is -2.59. The predicted octanol–water partition coefficient (Wildman–Crippen LogP) is 4.76. The Balaban J connectivity index is 2.09. The lowest BCUT2D eigenvalue weighted by Gasteiger charge is -2.18. The number of hydrogen-bond acceptors (Lipinski definition) is 5. The van der Waals surface area contributed by atoms with Gasteiger partial charge in [0, 0.05) is 17.2 Å². The maximum Gasteiger partial charge on any atom is 0.339 e. The topological polar surface area (TPSA) is 107 Å². The lowest BCUT2D eigenvalue weighted by molar-refractivity contribution is 0.0694. The SMILES string of the molecule is COc1ccccc1-c1cc(N(c2ccc(C(=O)O)c(O)c2)S(=O)O)sc1Cl. The van der Waals surface area contributed by atoms with Gasteiger partial charge >= 0.3 is 5.97 Å². The molecule has 3 rings (SSSR count). The Morgan fingerprint density at radius 2 is 1.89 bits per heavy atom. The van der Waals surface area contributed by atoms with Crippen LogP contribution in [0.25, 0.3) is 11.1 Å². The molecular weight excluding hydrogens is 426 g/mol. The summed E-state index contributed by atoms with van der Waals surface area (Å²) in [4.78, 5) is 11.1. The van der Waals surface area contributed by atoms with Crippen molar-refractivity contribution < 1.29 is 28.5 Å². The van der Waals surface area contributed by atoms with Gasteiger partial charge in [-0.3, -0.25) is 4.55 Å². The van der Waals surface area contributed by atoms with Crippen LogP contribution in [0.3, 0.4) is 0 Å². The Morgan fingerprint density at radius 1 is 1.18 bits per heavy atom. The number of hydrogen-bond donors (Lipinski definition) is 3. The van der Waals surface area contributed by atoms with Gasteiger partial charge in [0.05, 0.1) is 12.8 Å². The standard InChI is InChI=1S/C18H14ClNO6S2/c1-26-15-5-3-2-4-11(15)13-9-16(27-17(13)19)20(28(24)25)10-6-7-12(18(22)23)14(21)8-10/h2-9,21H,1H3,(H,22,23)(H,24,25). The highest BCUT2D eigenvalue weighted by Gasteiger charge is 2.23. The lowest BCUT2D eigenvalue weighted by atomic mass is 10.1. The van der Waals surface area contributed by atoms with Gasteiger partial charge in [-0.25, -0.2) is 13.3 Å². The third-order valence-corrected chi connectivity index (χ3v) is 6.05. The molecular formula is C18H14ClNO6S2. The number of carboxylic acid groups (broad SMARTS) is 1. The number of methoxy groups -OCH3 is 1. The van der Waals surface area contributed by atoms with Gasteiger partial charge in [0.15, 0.2) is 0 Å². The fourth-order valence-electron chi connectivity index (χ4n) is 2.63. The van der Waals surface area contributed by atoms with E-state index in [0.717, 1.165) is 27.8 Å². The molecule has 0 aliphatic carbocycles. The Labute approximate surface area is 171 Å². The van der Waals surface area contributed by atoms with Gasteiger partial charge in [-0.2, -0.15) is 0 Å². The Morgan fingerprint density at radius 3 is 2.50 bits per heavy atom. The van der Waals surface area contributed by atoms with Gasteiger partial charge < -0.3 is 14.9 Å². The van der Waals surface area contributed by atoms with Gasteiger partial charge in [0.1, 0.15) is 26.4 Å². The monoisotopic (exact) mass is 439 g/mol. The molecule has 0 amide bonds. The summed E-state index contributed by atoms with van der Waals surface area (Å²) in [5, 5.41) is 19.3. The average molecular weight is 440 g/mol. The second kappa shape index (κ2) is 8.19. The van der Waals surface area contributed by atoms with Gasteiger partial charge in [-0.05, 0) is 24.3 Å². The second-order valence-corrected chi connectivity index (χ2v) is 7.96. The number of phenols is 1. The van der Waals surface area contributed by atoms with Crippen molar-refractivity contribution in [1.82, 2.24) is 0 Å². The second-order valence-electron chi connectivity index (χ2n) is 5.50. The first-order valence-electron chi connectivity index (χ1n) is 7.73.